The van der Waals surface area contributed by atoms with Gasteiger partial charge < -0.3 is 32.9 Å². The molecule has 2 rings (SSSR count). The summed E-state index contributed by atoms with van der Waals surface area (Å²) < 4.78 is 62.7. The second kappa shape index (κ2) is 10.9. The Morgan fingerprint density at radius 3 is 1.00 bits per heavy atom. The lowest BCUT2D eigenvalue weighted by atomic mass is 10.1. The van der Waals surface area contributed by atoms with Crippen LogP contribution in [0.1, 0.15) is 0 Å². The van der Waals surface area contributed by atoms with Crippen LogP contribution < -0.4 is 0 Å². The third kappa shape index (κ3) is 6.42. The van der Waals surface area contributed by atoms with E-state index in [1.54, 1.807) is 0 Å². The molecule has 0 aliphatic carbocycles. The molecule has 0 unspecified atom stereocenters. The first-order valence-corrected chi connectivity index (χ1v) is 7.56. The van der Waals surface area contributed by atoms with Gasteiger partial charge in [0, 0.05) is 10.8 Å². The molecule has 0 spiro atoms. The lowest BCUT2D eigenvalue weighted by Crippen LogP contribution is -2.02. The summed E-state index contributed by atoms with van der Waals surface area (Å²) in [5.74, 6) is 0. The van der Waals surface area contributed by atoms with Crippen molar-refractivity contribution in [3.05, 3.63) is 36.4 Å². The Kier molecular flexibility index (Phi) is 15.4. The standard InChI is InChI=1S/C10H8O6S2.6H2O/c11-17(12,13)9-5-1-3-7-8(9)4-2-6-10(7)18(14,15)16;;;;;;/h1-6H,(H,11,12,13)(H,14,15,16);6*1H2. The van der Waals surface area contributed by atoms with E-state index in [4.69, 9.17) is 9.11 Å². The van der Waals surface area contributed by atoms with Crippen LogP contribution in [0.3, 0.4) is 0 Å². The Morgan fingerprint density at radius 1 is 0.542 bits per heavy atom. The van der Waals surface area contributed by atoms with E-state index >= 15 is 0 Å². The second-order valence-corrected chi connectivity index (χ2v) is 6.34. The quantitative estimate of drug-likeness (QED) is 0.482. The highest BCUT2D eigenvalue weighted by atomic mass is 32.2. The van der Waals surface area contributed by atoms with Gasteiger partial charge >= 0.3 is 0 Å². The monoisotopic (exact) mass is 396 g/mol. The highest BCUT2D eigenvalue weighted by Gasteiger charge is 2.18. The van der Waals surface area contributed by atoms with E-state index in [-0.39, 0.29) is 43.6 Å². The van der Waals surface area contributed by atoms with Gasteiger partial charge in [0.1, 0.15) is 9.79 Å². The molecule has 12 nitrogen and oxygen atoms in total. The minimum Gasteiger partial charge on any atom is -0.412 e. The number of hydrogen-bond acceptors (Lipinski definition) is 4. The highest BCUT2D eigenvalue weighted by molar-refractivity contribution is 7.86. The lowest BCUT2D eigenvalue weighted by Gasteiger charge is -2.06. The summed E-state index contributed by atoms with van der Waals surface area (Å²) in [7, 11) is -8.94. The minimum absolute atomic E-state index is 0. The van der Waals surface area contributed by atoms with E-state index in [0.717, 1.165) is 12.1 Å². The smallest absolute Gasteiger partial charge is 0.295 e. The largest absolute Gasteiger partial charge is 0.412 e. The predicted octanol–water partition coefficient (Wildman–Crippen LogP) is -3.61. The average molecular weight is 396 g/mol. The molecule has 2 aromatic carbocycles. The molecule has 2 aromatic rings. The lowest BCUT2D eigenvalue weighted by molar-refractivity contribution is 0.481. The van der Waals surface area contributed by atoms with Gasteiger partial charge in [0.15, 0.2) is 0 Å². The van der Waals surface area contributed by atoms with Crippen molar-refractivity contribution in [2.45, 2.75) is 9.79 Å². The summed E-state index contributed by atoms with van der Waals surface area (Å²) in [5, 5.41) is 0.0465. The van der Waals surface area contributed by atoms with Crippen LogP contribution in [0.5, 0.6) is 0 Å². The second-order valence-electron chi connectivity index (χ2n) is 3.56. The molecule has 0 saturated carbocycles. The Morgan fingerprint density at radius 2 is 0.792 bits per heavy atom. The van der Waals surface area contributed by atoms with Crippen molar-refractivity contribution in [3.8, 4) is 0 Å². The van der Waals surface area contributed by atoms with Gasteiger partial charge in [-0.3, -0.25) is 9.11 Å². The average Bonchev–Trinajstić information content (AvgIpc) is 2.24. The Hall–Kier alpha value is -1.72. The molecule has 0 bridgehead atoms. The third-order valence-electron chi connectivity index (χ3n) is 2.40. The summed E-state index contributed by atoms with van der Waals surface area (Å²) >= 11 is 0. The number of fused-ring (bicyclic) bond motifs is 1. The van der Waals surface area contributed by atoms with Crippen molar-refractivity contribution < 1.29 is 58.8 Å². The zero-order chi connectivity index (χ0) is 13.6. The van der Waals surface area contributed by atoms with Crippen LogP contribution in [-0.4, -0.2) is 58.8 Å². The highest BCUT2D eigenvalue weighted by Crippen LogP contribution is 2.27. The van der Waals surface area contributed by atoms with Crippen LogP contribution in [0.2, 0.25) is 0 Å². The molecule has 14 heteroatoms. The van der Waals surface area contributed by atoms with Crippen molar-refractivity contribution in [2.24, 2.45) is 0 Å². The SMILES string of the molecule is O.O.O.O.O.O.O=S(=O)(O)c1cccc2c(S(=O)(=O)O)cccc12. The van der Waals surface area contributed by atoms with Crippen molar-refractivity contribution in [1.82, 2.24) is 0 Å². The van der Waals surface area contributed by atoms with Gasteiger partial charge in [-0.05, 0) is 12.1 Å². The number of hydrogen-bond donors (Lipinski definition) is 2. The van der Waals surface area contributed by atoms with Crippen LogP contribution in [0, 0.1) is 0 Å². The van der Waals surface area contributed by atoms with Crippen LogP contribution in [-0.2, 0) is 20.2 Å². The summed E-state index contributed by atoms with van der Waals surface area (Å²) in [6.07, 6.45) is 0. The Labute approximate surface area is 136 Å². The fourth-order valence-corrected chi connectivity index (χ4v) is 3.12. The summed E-state index contributed by atoms with van der Waals surface area (Å²) in [4.78, 5) is -0.823. The maximum Gasteiger partial charge on any atom is 0.295 e. The normalized spacial score (nSPS) is 9.58. The van der Waals surface area contributed by atoms with E-state index in [1.165, 1.54) is 24.3 Å². The van der Waals surface area contributed by atoms with Crippen molar-refractivity contribution in [3.63, 3.8) is 0 Å². The molecular formula is C10H20O12S2. The van der Waals surface area contributed by atoms with Gasteiger partial charge in [0.05, 0.1) is 0 Å². The first-order valence-electron chi connectivity index (χ1n) is 4.68. The van der Waals surface area contributed by atoms with Crippen molar-refractivity contribution in [2.75, 3.05) is 0 Å². The van der Waals surface area contributed by atoms with E-state index in [2.05, 4.69) is 0 Å². The molecular weight excluding hydrogens is 376 g/mol. The zero-order valence-electron chi connectivity index (χ0n) is 11.8. The molecule has 24 heavy (non-hydrogen) atoms. The van der Waals surface area contributed by atoms with Crippen LogP contribution in [0.4, 0.5) is 0 Å². The molecule has 0 atom stereocenters. The maximum absolute atomic E-state index is 11.2. The van der Waals surface area contributed by atoms with E-state index in [1.807, 2.05) is 0 Å². The zero-order valence-corrected chi connectivity index (χ0v) is 13.4. The minimum atomic E-state index is -4.47. The van der Waals surface area contributed by atoms with Crippen LogP contribution >= 0.6 is 0 Å². The van der Waals surface area contributed by atoms with Gasteiger partial charge in [-0.1, -0.05) is 24.3 Å². The molecule has 0 aliphatic rings. The van der Waals surface area contributed by atoms with Gasteiger partial charge in [0.2, 0.25) is 0 Å². The molecule has 0 saturated heterocycles. The molecule has 0 aromatic heterocycles. The fourth-order valence-electron chi connectivity index (χ4n) is 1.70. The first-order chi connectivity index (χ1) is 8.21. The third-order valence-corrected chi connectivity index (χ3v) is 4.22. The van der Waals surface area contributed by atoms with Crippen molar-refractivity contribution in [1.29, 1.82) is 0 Å². The maximum atomic E-state index is 11.2. The van der Waals surface area contributed by atoms with Crippen LogP contribution in [0.15, 0.2) is 46.2 Å². The predicted molar refractivity (Wildman–Crippen MR) is 85.3 cm³/mol. The van der Waals surface area contributed by atoms with E-state index in [9.17, 15) is 16.8 Å². The summed E-state index contributed by atoms with van der Waals surface area (Å²) in [6.45, 7) is 0. The summed E-state index contributed by atoms with van der Waals surface area (Å²) in [5.41, 5.74) is 0. The number of rotatable bonds is 2. The molecule has 0 heterocycles. The number of benzene rings is 2. The molecule has 0 radical (unpaired) electrons. The Bertz CT molecular complexity index is 757. The topological polar surface area (TPSA) is 298 Å². The van der Waals surface area contributed by atoms with Gasteiger partial charge in [-0.15, -0.1) is 0 Å². The molecule has 0 aliphatic heterocycles. The van der Waals surface area contributed by atoms with Crippen LogP contribution in [0.25, 0.3) is 10.8 Å². The van der Waals surface area contributed by atoms with Gasteiger partial charge in [-0.25, -0.2) is 0 Å². The molecule has 144 valence electrons. The van der Waals surface area contributed by atoms with Crippen molar-refractivity contribution >= 4 is 31.0 Å². The Balaban J connectivity index is -0.000000201. The molecule has 0 amide bonds. The van der Waals surface area contributed by atoms with Gasteiger partial charge in [0.25, 0.3) is 20.2 Å². The molecule has 0 fully saturated rings. The first kappa shape index (κ1) is 33.8. The van der Waals surface area contributed by atoms with E-state index < -0.39 is 30.0 Å². The van der Waals surface area contributed by atoms with E-state index in [0.29, 0.717) is 0 Å². The fraction of sp³-hybridized carbons (Fsp3) is 0. The summed E-state index contributed by atoms with van der Waals surface area (Å²) in [6, 6.07) is 7.53. The molecule has 14 N–H and O–H groups in total. The van der Waals surface area contributed by atoms with Gasteiger partial charge in [-0.2, -0.15) is 16.8 Å².